The number of hydrogen-bond acceptors (Lipinski definition) is 8. The van der Waals surface area contributed by atoms with Crippen LogP contribution in [-0.2, 0) is 16.1 Å². The summed E-state index contributed by atoms with van der Waals surface area (Å²) in [5.74, 6) is -0.391. The zero-order valence-electron chi connectivity index (χ0n) is 23.3. The lowest BCUT2D eigenvalue weighted by Gasteiger charge is -2.38. The van der Waals surface area contributed by atoms with Crippen LogP contribution in [0.25, 0.3) is 16.4 Å². The van der Waals surface area contributed by atoms with Crippen molar-refractivity contribution in [1.29, 1.82) is 0 Å². The molecule has 2 aromatic heterocycles. The van der Waals surface area contributed by atoms with Crippen LogP contribution in [0.2, 0.25) is 0 Å². The number of fused-ring (bicyclic) bond motifs is 3. The average Bonchev–Trinajstić information content (AvgIpc) is 3.31. The minimum atomic E-state index is -4.92. The SMILES string of the molecule is CC(C)(C)OC(=O)CN1CC(CSc2nc3ccccc3c3cc(CNC(=O)c4ccccc4OC(F)(F)F)nn23)C1. The number of para-hydroxylation sites is 2. The highest BCUT2D eigenvalue weighted by Crippen LogP contribution is 2.30. The number of ether oxygens (including phenoxy) is 2. The normalized spacial score (nSPS) is 14.6. The zero-order valence-corrected chi connectivity index (χ0v) is 24.1. The van der Waals surface area contributed by atoms with Crippen molar-refractivity contribution in [3.05, 3.63) is 65.9 Å². The topological polar surface area (TPSA) is 98.1 Å². The van der Waals surface area contributed by atoms with Gasteiger partial charge in [-0.2, -0.15) is 5.10 Å². The summed E-state index contributed by atoms with van der Waals surface area (Å²) in [4.78, 5) is 31.7. The second kappa shape index (κ2) is 11.8. The van der Waals surface area contributed by atoms with E-state index in [-0.39, 0.29) is 24.6 Å². The van der Waals surface area contributed by atoms with Gasteiger partial charge >= 0.3 is 12.3 Å². The number of halogens is 3. The molecule has 3 heterocycles. The standard InChI is InChI=1S/C29H30F3N5O4S/c1-28(2,3)41-25(38)16-36-14-18(15-36)17-42-27-34-22-10-6-4-8-20(22)23-12-19(35-37(23)27)13-33-26(39)21-9-5-7-11-24(21)40-29(30,31)32/h4-12,18H,13-17H2,1-3H3,(H,33,39). The Balaban J connectivity index is 1.27. The Labute approximate surface area is 244 Å². The van der Waals surface area contributed by atoms with E-state index in [1.165, 1.54) is 18.2 Å². The third kappa shape index (κ3) is 7.32. The fraction of sp³-hybridized carbons (Fsp3) is 0.379. The Morgan fingerprint density at radius 2 is 1.79 bits per heavy atom. The molecule has 1 aliphatic heterocycles. The predicted octanol–water partition coefficient (Wildman–Crippen LogP) is 5.08. The van der Waals surface area contributed by atoms with Gasteiger partial charge < -0.3 is 14.8 Å². The van der Waals surface area contributed by atoms with Gasteiger partial charge in [-0.15, -0.1) is 13.2 Å². The Kier molecular flexibility index (Phi) is 8.33. The van der Waals surface area contributed by atoms with Crippen LogP contribution in [0.1, 0.15) is 36.8 Å². The molecule has 0 bridgehead atoms. The van der Waals surface area contributed by atoms with Gasteiger partial charge in [0.2, 0.25) is 0 Å². The molecule has 1 amide bonds. The van der Waals surface area contributed by atoms with Crippen LogP contribution in [0, 0.1) is 5.92 Å². The van der Waals surface area contributed by atoms with E-state index in [0.717, 1.165) is 41.3 Å². The van der Waals surface area contributed by atoms with Crippen LogP contribution < -0.4 is 10.1 Å². The molecular formula is C29H30F3N5O4S. The molecule has 9 nitrogen and oxygen atoms in total. The Hall–Kier alpha value is -3.84. The third-order valence-electron chi connectivity index (χ3n) is 6.38. The summed E-state index contributed by atoms with van der Waals surface area (Å²) in [6.45, 7) is 7.34. The summed E-state index contributed by atoms with van der Waals surface area (Å²) < 4.78 is 49.5. The molecule has 1 saturated heterocycles. The molecule has 0 saturated carbocycles. The molecule has 1 aliphatic rings. The highest BCUT2D eigenvalue weighted by atomic mass is 32.2. The fourth-order valence-corrected chi connectivity index (χ4v) is 5.70. The number of hydrogen-bond donors (Lipinski definition) is 1. The quantitative estimate of drug-likeness (QED) is 0.161. The lowest BCUT2D eigenvalue weighted by atomic mass is 10.0. The number of carbonyl (C=O) groups excluding carboxylic acids is 2. The summed E-state index contributed by atoms with van der Waals surface area (Å²) >= 11 is 1.56. The zero-order chi connectivity index (χ0) is 30.1. The van der Waals surface area contributed by atoms with Crippen molar-refractivity contribution >= 4 is 40.1 Å². The molecule has 5 rings (SSSR count). The van der Waals surface area contributed by atoms with Gasteiger partial charge in [-0.05, 0) is 51.0 Å². The first kappa shape index (κ1) is 29.6. The van der Waals surface area contributed by atoms with Gasteiger partial charge in [0.25, 0.3) is 5.91 Å². The second-order valence-electron chi connectivity index (χ2n) is 11.0. The van der Waals surface area contributed by atoms with E-state index in [2.05, 4.69) is 20.1 Å². The van der Waals surface area contributed by atoms with E-state index in [1.54, 1.807) is 16.3 Å². The summed E-state index contributed by atoms with van der Waals surface area (Å²) in [6, 6.07) is 14.7. The van der Waals surface area contributed by atoms with E-state index < -0.39 is 23.6 Å². The summed E-state index contributed by atoms with van der Waals surface area (Å²) in [7, 11) is 0. The molecule has 13 heteroatoms. The van der Waals surface area contributed by atoms with Crippen LogP contribution in [-0.4, -0.2) is 68.7 Å². The predicted molar refractivity (Wildman–Crippen MR) is 151 cm³/mol. The Bertz CT molecular complexity index is 1610. The van der Waals surface area contributed by atoms with Crippen molar-refractivity contribution in [2.24, 2.45) is 5.92 Å². The number of carbonyl (C=O) groups is 2. The number of rotatable bonds is 9. The number of esters is 1. The average molecular weight is 602 g/mol. The molecule has 1 N–H and O–H groups in total. The maximum atomic E-state index is 12.8. The molecule has 0 radical (unpaired) electrons. The number of alkyl halides is 3. The van der Waals surface area contributed by atoms with Gasteiger partial charge in [0, 0.05) is 24.2 Å². The summed E-state index contributed by atoms with van der Waals surface area (Å²) in [5, 5.41) is 8.85. The molecule has 42 heavy (non-hydrogen) atoms. The molecular weight excluding hydrogens is 571 g/mol. The third-order valence-corrected chi connectivity index (χ3v) is 7.54. The van der Waals surface area contributed by atoms with Gasteiger partial charge in [-0.1, -0.05) is 42.1 Å². The number of amides is 1. The van der Waals surface area contributed by atoms with Crippen LogP contribution in [0.4, 0.5) is 13.2 Å². The summed E-state index contributed by atoms with van der Waals surface area (Å²) in [6.07, 6.45) is -4.92. The van der Waals surface area contributed by atoms with Crippen molar-refractivity contribution in [2.75, 3.05) is 25.4 Å². The fourth-order valence-electron chi connectivity index (χ4n) is 4.68. The first-order valence-electron chi connectivity index (χ1n) is 13.3. The lowest BCUT2D eigenvalue weighted by Crippen LogP contribution is -2.50. The molecule has 4 aromatic rings. The first-order valence-corrected chi connectivity index (χ1v) is 14.3. The van der Waals surface area contributed by atoms with Gasteiger partial charge in [0.1, 0.15) is 11.4 Å². The Morgan fingerprint density at radius 3 is 2.52 bits per heavy atom. The first-order chi connectivity index (χ1) is 19.8. The monoisotopic (exact) mass is 601 g/mol. The van der Waals surface area contributed by atoms with E-state index in [0.29, 0.717) is 16.8 Å². The van der Waals surface area contributed by atoms with E-state index >= 15 is 0 Å². The molecule has 0 atom stereocenters. The summed E-state index contributed by atoms with van der Waals surface area (Å²) in [5.41, 5.74) is 1.37. The van der Waals surface area contributed by atoms with Gasteiger partial charge in [0.15, 0.2) is 5.16 Å². The van der Waals surface area contributed by atoms with Gasteiger partial charge in [0.05, 0.1) is 35.4 Å². The smallest absolute Gasteiger partial charge is 0.459 e. The molecule has 2 aromatic carbocycles. The number of likely N-dealkylation sites (tertiary alicyclic amines) is 1. The van der Waals surface area contributed by atoms with Crippen LogP contribution in [0.5, 0.6) is 5.75 Å². The lowest BCUT2D eigenvalue weighted by molar-refractivity contribution is -0.274. The molecule has 0 spiro atoms. The molecule has 1 fully saturated rings. The van der Waals surface area contributed by atoms with Gasteiger partial charge in [-0.25, -0.2) is 9.50 Å². The van der Waals surface area contributed by atoms with Crippen LogP contribution in [0.15, 0.2) is 59.8 Å². The minimum absolute atomic E-state index is 0.0124. The molecule has 0 aliphatic carbocycles. The van der Waals surface area contributed by atoms with Crippen molar-refractivity contribution in [3.8, 4) is 5.75 Å². The Morgan fingerprint density at radius 1 is 1.07 bits per heavy atom. The van der Waals surface area contributed by atoms with Crippen LogP contribution >= 0.6 is 11.8 Å². The molecule has 0 unspecified atom stereocenters. The largest absolute Gasteiger partial charge is 0.573 e. The van der Waals surface area contributed by atoms with E-state index in [4.69, 9.17) is 9.72 Å². The van der Waals surface area contributed by atoms with Crippen LogP contribution in [0.3, 0.4) is 0 Å². The van der Waals surface area contributed by atoms with Crippen molar-refractivity contribution in [1.82, 2.24) is 24.8 Å². The second-order valence-corrected chi connectivity index (χ2v) is 12.0. The maximum absolute atomic E-state index is 12.8. The van der Waals surface area contributed by atoms with Crippen molar-refractivity contribution in [2.45, 2.75) is 44.4 Å². The van der Waals surface area contributed by atoms with Crippen molar-refractivity contribution in [3.63, 3.8) is 0 Å². The highest BCUT2D eigenvalue weighted by Gasteiger charge is 2.33. The maximum Gasteiger partial charge on any atom is 0.573 e. The van der Waals surface area contributed by atoms with E-state index in [1.807, 2.05) is 51.1 Å². The highest BCUT2D eigenvalue weighted by molar-refractivity contribution is 7.99. The number of thioether (sulfide) groups is 1. The molecule has 222 valence electrons. The number of benzene rings is 2. The van der Waals surface area contributed by atoms with E-state index in [9.17, 15) is 22.8 Å². The number of aromatic nitrogens is 3. The van der Waals surface area contributed by atoms with Gasteiger partial charge in [-0.3, -0.25) is 14.5 Å². The minimum Gasteiger partial charge on any atom is -0.459 e. The number of nitrogens with one attached hydrogen (secondary N) is 1. The van der Waals surface area contributed by atoms with Crippen molar-refractivity contribution < 1.29 is 32.2 Å². The number of nitrogens with zero attached hydrogens (tertiary/aromatic N) is 4.